The highest BCUT2D eigenvalue weighted by Crippen LogP contribution is 2.27. The van der Waals surface area contributed by atoms with Gasteiger partial charge in [0.15, 0.2) is 0 Å². The lowest BCUT2D eigenvalue weighted by atomic mass is 9.90. The highest BCUT2D eigenvalue weighted by atomic mass is 16.5. The molecule has 0 aliphatic carbocycles. The van der Waals surface area contributed by atoms with Gasteiger partial charge in [-0.25, -0.2) is 4.79 Å². The Bertz CT molecular complexity index is 480. The molecule has 1 aromatic rings. The predicted molar refractivity (Wildman–Crippen MR) is 89.3 cm³/mol. The fraction of sp³-hybridized carbons (Fsp3) is 0.667. The van der Waals surface area contributed by atoms with Crippen LogP contribution in [0.4, 0.5) is 4.79 Å². The summed E-state index contributed by atoms with van der Waals surface area (Å²) in [5.41, 5.74) is 1.34. The fourth-order valence-corrected chi connectivity index (χ4v) is 3.58. The maximum atomic E-state index is 12.3. The van der Waals surface area contributed by atoms with Crippen LogP contribution in [-0.2, 0) is 4.74 Å². The molecular weight excluding hydrogens is 290 g/mol. The van der Waals surface area contributed by atoms with Crippen LogP contribution in [0.5, 0.6) is 0 Å². The molecule has 23 heavy (non-hydrogen) atoms. The van der Waals surface area contributed by atoms with Gasteiger partial charge >= 0.3 is 6.03 Å². The van der Waals surface area contributed by atoms with E-state index in [0.29, 0.717) is 11.8 Å². The summed E-state index contributed by atoms with van der Waals surface area (Å²) < 4.78 is 5.48. The first-order chi connectivity index (χ1) is 11.3. The van der Waals surface area contributed by atoms with Gasteiger partial charge in [0.2, 0.25) is 0 Å². The Hall–Kier alpha value is -1.62. The van der Waals surface area contributed by atoms with Crippen LogP contribution in [0.3, 0.4) is 0 Å². The summed E-state index contributed by atoms with van der Waals surface area (Å²) in [6.07, 6.45) is 9.18. The quantitative estimate of drug-likeness (QED) is 0.929. The lowest BCUT2D eigenvalue weighted by Crippen LogP contribution is -2.44. The Kier molecular flexibility index (Phi) is 5.86. The van der Waals surface area contributed by atoms with Crippen LogP contribution in [0, 0.1) is 5.92 Å². The topological polar surface area (TPSA) is 54.5 Å². The van der Waals surface area contributed by atoms with Gasteiger partial charge in [0.05, 0.1) is 0 Å². The van der Waals surface area contributed by atoms with Crippen LogP contribution < -0.4 is 5.32 Å². The number of rotatable bonds is 4. The van der Waals surface area contributed by atoms with E-state index in [9.17, 15) is 4.79 Å². The van der Waals surface area contributed by atoms with Crippen molar-refractivity contribution in [3.05, 3.63) is 30.1 Å². The van der Waals surface area contributed by atoms with E-state index >= 15 is 0 Å². The van der Waals surface area contributed by atoms with Crippen LogP contribution in [0.2, 0.25) is 0 Å². The first-order valence-electron chi connectivity index (χ1n) is 8.83. The normalized spacial score (nSPS) is 22.8. The lowest BCUT2D eigenvalue weighted by molar-refractivity contribution is 0.0518. The average Bonchev–Trinajstić information content (AvgIpc) is 2.63. The monoisotopic (exact) mass is 317 g/mol. The number of urea groups is 1. The molecule has 5 heteroatoms. The van der Waals surface area contributed by atoms with Crippen molar-refractivity contribution in [2.24, 2.45) is 5.92 Å². The maximum Gasteiger partial charge on any atom is 0.317 e. The molecule has 1 N–H and O–H groups in total. The zero-order chi connectivity index (χ0) is 15.9. The van der Waals surface area contributed by atoms with Crippen molar-refractivity contribution < 1.29 is 9.53 Å². The molecule has 0 bridgehead atoms. The lowest BCUT2D eigenvalue weighted by Gasteiger charge is -2.32. The van der Waals surface area contributed by atoms with E-state index in [-0.39, 0.29) is 6.03 Å². The van der Waals surface area contributed by atoms with Crippen molar-refractivity contribution in [2.45, 2.75) is 38.0 Å². The number of piperidine rings is 1. The minimum atomic E-state index is 0.0925. The summed E-state index contributed by atoms with van der Waals surface area (Å²) in [4.78, 5) is 18.3. The summed E-state index contributed by atoms with van der Waals surface area (Å²) >= 11 is 0. The van der Waals surface area contributed by atoms with Crippen molar-refractivity contribution in [1.29, 1.82) is 0 Å². The second-order valence-corrected chi connectivity index (χ2v) is 6.65. The number of hydrogen-bond acceptors (Lipinski definition) is 3. The van der Waals surface area contributed by atoms with E-state index in [1.165, 1.54) is 12.0 Å². The minimum absolute atomic E-state index is 0.0925. The summed E-state index contributed by atoms with van der Waals surface area (Å²) in [6.45, 7) is 4.19. The molecule has 2 saturated heterocycles. The Morgan fingerprint density at radius 2 is 2.04 bits per heavy atom. The van der Waals surface area contributed by atoms with Gasteiger partial charge in [-0.2, -0.15) is 0 Å². The number of ether oxygens (including phenoxy) is 1. The Balaban J connectivity index is 1.36. The molecule has 2 fully saturated rings. The third kappa shape index (κ3) is 4.67. The summed E-state index contributed by atoms with van der Waals surface area (Å²) in [7, 11) is 0. The smallest absolute Gasteiger partial charge is 0.317 e. The van der Waals surface area contributed by atoms with Crippen LogP contribution >= 0.6 is 0 Å². The highest BCUT2D eigenvalue weighted by molar-refractivity contribution is 5.74. The van der Waals surface area contributed by atoms with Gasteiger partial charge in [-0.05, 0) is 61.6 Å². The van der Waals surface area contributed by atoms with E-state index in [0.717, 1.165) is 58.5 Å². The van der Waals surface area contributed by atoms with Crippen molar-refractivity contribution >= 4 is 6.03 Å². The SMILES string of the molecule is O=C(NCC[C@H]1CCCOC1)N1CCC(c2ccncc2)CC1. The summed E-state index contributed by atoms with van der Waals surface area (Å²) in [6, 6.07) is 4.27. The van der Waals surface area contributed by atoms with Gasteiger partial charge in [0, 0.05) is 45.2 Å². The molecule has 3 rings (SSSR count). The van der Waals surface area contributed by atoms with E-state index < -0.39 is 0 Å². The predicted octanol–water partition coefficient (Wildman–Crippen LogP) is 2.79. The van der Waals surface area contributed by atoms with Gasteiger partial charge in [-0.15, -0.1) is 0 Å². The van der Waals surface area contributed by atoms with E-state index in [2.05, 4.69) is 22.4 Å². The van der Waals surface area contributed by atoms with Crippen molar-refractivity contribution in [2.75, 3.05) is 32.8 Å². The Morgan fingerprint density at radius 3 is 2.74 bits per heavy atom. The molecule has 0 radical (unpaired) electrons. The van der Waals surface area contributed by atoms with Crippen molar-refractivity contribution in [3.8, 4) is 0 Å². The number of carbonyl (C=O) groups is 1. The molecule has 2 aliphatic heterocycles. The second kappa shape index (κ2) is 8.29. The maximum absolute atomic E-state index is 12.3. The van der Waals surface area contributed by atoms with Crippen LogP contribution in [0.15, 0.2) is 24.5 Å². The number of nitrogens with zero attached hydrogens (tertiary/aromatic N) is 2. The Morgan fingerprint density at radius 1 is 1.26 bits per heavy atom. The third-order valence-corrected chi connectivity index (χ3v) is 5.04. The molecule has 0 saturated carbocycles. The number of nitrogens with one attached hydrogen (secondary N) is 1. The van der Waals surface area contributed by atoms with E-state index in [1.807, 2.05) is 17.3 Å². The first-order valence-corrected chi connectivity index (χ1v) is 8.83. The van der Waals surface area contributed by atoms with Crippen molar-refractivity contribution in [1.82, 2.24) is 15.2 Å². The fourth-order valence-electron chi connectivity index (χ4n) is 3.58. The summed E-state index contributed by atoms with van der Waals surface area (Å²) in [5, 5.41) is 3.08. The van der Waals surface area contributed by atoms with Crippen molar-refractivity contribution in [3.63, 3.8) is 0 Å². The van der Waals surface area contributed by atoms with Gasteiger partial charge < -0.3 is 15.0 Å². The van der Waals surface area contributed by atoms with Crippen LogP contribution in [0.25, 0.3) is 0 Å². The molecule has 1 atom stereocenters. The average molecular weight is 317 g/mol. The molecule has 2 aliphatic rings. The summed E-state index contributed by atoms with van der Waals surface area (Å²) in [5.74, 6) is 1.17. The zero-order valence-corrected chi connectivity index (χ0v) is 13.7. The second-order valence-electron chi connectivity index (χ2n) is 6.65. The first kappa shape index (κ1) is 16.2. The molecular formula is C18H27N3O2. The third-order valence-electron chi connectivity index (χ3n) is 5.04. The highest BCUT2D eigenvalue weighted by Gasteiger charge is 2.23. The van der Waals surface area contributed by atoms with Crippen LogP contribution in [0.1, 0.15) is 43.6 Å². The molecule has 2 amide bonds. The number of aromatic nitrogens is 1. The zero-order valence-electron chi connectivity index (χ0n) is 13.7. The number of amides is 2. The number of hydrogen-bond donors (Lipinski definition) is 1. The van der Waals surface area contributed by atoms with Gasteiger partial charge in [-0.3, -0.25) is 4.98 Å². The molecule has 0 spiro atoms. The molecule has 5 nitrogen and oxygen atoms in total. The van der Waals surface area contributed by atoms with Gasteiger partial charge in [-0.1, -0.05) is 0 Å². The molecule has 0 unspecified atom stereocenters. The minimum Gasteiger partial charge on any atom is -0.381 e. The number of pyridine rings is 1. The Labute approximate surface area is 138 Å². The van der Waals surface area contributed by atoms with Gasteiger partial charge in [0.25, 0.3) is 0 Å². The molecule has 1 aromatic heterocycles. The molecule has 126 valence electrons. The standard InChI is InChI=1S/C18H27N3O2/c22-18(20-10-3-15-2-1-13-23-14-15)21-11-6-17(7-12-21)16-4-8-19-9-5-16/h4-5,8-9,15,17H,1-3,6-7,10-14H2,(H,20,22)/t15-/m1/s1. The van der Waals surface area contributed by atoms with Crippen LogP contribution in [-0.4, -0.2) is 48.8 Å². The van der Waals surface area contributed by atoms with E-state index in [1.54, 1.807) is 0 Å². The van der Waals surface area contributed by atoms with Gasteiger partial charge in [0.1, 0.15) is 0 Å². The molecule has 3 heterocycles. The number of carbonyl (C=O) groups excluding carboxylic acids is 1. The largest absolute Gasteiger partial charge is 0.381 e. The van der Waals surface area contributed by atoms with E-state index in [4.69, 9.17) is 4.74 Å². The molecule has 0 aromatic carbocycles. The number of likely N-dealkylation sites (tertiary alicyclic amines) is 1.